The Labute approximate surface area is 133 Å². The fourth-order valence-corrected chi connectivity index (χ4v) is 2.59. The van der Waals surface area contributed by atoms with Gasteiger partial charge in [-0.15, -0.1) is 0 Å². The smallest absolute Gasteiger partial charge is 0.383 e. The van der Waals surface area contributed by atoms with E-state index in [4.69, 9.17) is 0 Å². The van der Waals surface area contributed by atoms with Crippen LogP contribution in [-0.4, -0.2) is 31.3 Å². The summed E-state index contributed by atoms with van der Waals surface area (Å²) in [6.45, 7) is 0. The highest BCUT2D eigenvalue weighted by atomic mass is 79.9. The van der Waals surface area contributed by atoms with E-state index < -0.39 is 29.9 Å². The summed E-state index contributed by atoms with van der Waals surface area (Å²) in [7, 11) is 1.04. The maximum absolute atomic E-state index is 12.9. The molecular weight excluding hydrogens is 430 g/mol. The highest BCUT2D eigenvalue weighted by molar-refractivity contribution is 9.11. The molecule has 1 aromatic rings. The summed E-state index contributed by atoms with van der Waals surface area (Å²) in [5, 5.41) is 1.61. The van der Waals surface area contributed by atoms with Crippen molar-refractivity contribution in [2.75, 3.05) is 12.4 Å². The van der Waals surface area contributed by atoms with Gasteiger partial charge in [-0.05, 0) is 28.1 Å². The van der Waals surface area contributed by atoms with Crippen LogP contribution in [0.15, 0.2) is 21.1 Å². The maximum atomic E-state index is 12.9. The first-order valence-corrected chi connectivity index (χ1v) is 6.74. The molecule has 0 radical (unpaired) electrons. The van der Waals surface area contributed by atoms with E-state index in [9.17, 15) is 27.2 Å². The molecule has 0 saturated carbocycles. The number of carbonyl (C=O) groups is 2. The molecule has 0 spiro atoms. The Morgan fingerprint density at radius 1 is 1.29 bits per heavy atom. The molecule has 4 nitrogen and oxygen atoms in total. The van der Waals surface area contributed by atoms with Crippen LogP contribution < -0.4 is 5.32 Å². The van der Waals surface area contributed by atoms with Gasteiger partial charge in [0.25, 0.3) is 0 Å². The predicted molar refractivity (Wildman–Crippen MR) is 72.8 cm³/mol. The molecule has 0 atom stereocenters. The average Bonchev–Trinajstić information content (AvgIpc) is 2.39. The highest BCUT2D eigenvalue weighted by Gasteiger charge is 2.49. The van der Waals surface area contributed by atoms with Crippen molar-refractivity contribution in [3.05, 3.63) is 26.6 Å². The first kappa shape index (κ1) is 17.9. The van der Waals surface area contributed by atoms with Gasteiger partial charge >= 0.3 is 24.2 Å². The van der Waals surface area contributed by atoms with Crippen molar-refractivity contribution >= 4 is 49.4 Å². The van der Waals surface area contributed by atoms with Gasteiger partial charge < -0.3 is 10.1 Å². The van der Waals surface area contributed by atoms with Crippen LogP contribution in [0.1, 0.15) is 10.4 Å². The topological polar surface area (TPSA) is 55.4 Å². The molecule has 1 N–H and O–H groups in total. The van der Waals surface area contributed by atoms with E-state index in [1.165, 1.54) is 12.1 Å². The van der Waals surface area contributed by atoms with E-state index in [0.29, 0.717) is 4.47 Å². The normalized spacial score (nSPS) is 11.4. The number of methoxy groups -OCH3 is 1. The first-order valence-electron chi connectivity index (χ1n) is 5.16. The quantitative estimate of drug-likeness (QED) is 0.576. The molecule has 0 aliphatic rings. The number of hydrogen-bond donors (Lipinski definition) is 1. The number of ether oxygens (including phenoxy) is 1. The second-order valence-electron chi connectivity index (χ2n) is 3.68. The van der Waals surface area contributed by atoms with Crippen LogP contribution in [0.2, 0.25) is 0 Å². The minimum atomic E-state index is -4.89. The molecule has 116 valence electrons. The van der Waals surface area contributed by atoms with E-state index in [2.05, 4.69) is 36.6 Å². The third kappa shape index (κ3) is 3.94. The highest BCUT2D eigenvalue weighted by Crippen LogP contribution is 2.33. The number of carbonyl (C=O) groups excluding carboxylic acids is 2. The predicted octanol–water partition coefficient (Wildman–Crippen LogP) is 3.84. The number of esters is 1. The zero-order valence-electron chi connectivity index (χ0n) is 10.2. The van der Waals surface area contributed by atoms with Crippen molar-refractivity contribution in [2.45, 2.75) is 12.3 Å². The third-order valence-electron chi connectivity index (χ3n) is 2.28. The Bertz CT molecular complexity index is 581. The molecule has 1 aromatic carbocycles. The fourth-order valence-electron chi connectivity index (χ4n) is 1.27. The number of anilines is 1. The van der Waals surface area contributed by atoms with Crippen molar-refractivity contribution in [2.24, 2.45) is 0 Å². The third-order valence-corrected chi connectivity index (χ3v) is 3.36. The molecule has 0 fully saturated rings. The molecule has 1 amide bonds. The van der Waals surface area contributed by atoms with Gasteiger partial charge in [0, 0.05) is 8.95 Å². The van der Waals surface area contributed by atoms with Gasteiger partial charge in [0.2, 0.25) is 0 Å². The van der Waals surface area contributed by atoms with Gasteiger partial charge in [-0.2, -0.15) is 8.78 Å². The van der Waals surface area contributed by atoms with Crippen LogP contribution in [0.3, 0.4) is 0 Å². The molecular formula is C11H7Br2F4NO3. The van der Waals surface area contributed by atoms with Crippen molar-refractivity contribution in [1.29, 1.82) is 0 Å². The molecule has 0 saturated heterocycles. The van der Waals surface area contributed by atoms with Gasteiger partial charge in [-0.1, -0.05) is 15.9 Å². The summed E-state index contributed by atoms with van der Waals surface area (Å²) in [5.74, 6) is -8.06. The summed E-state index contributed by atoms with van der Waals surface area (Å²) < 4.78 is 55.0. The number of amides is 1. The van der Waals surface area contributed by atoms with Gasteiger partial charge in [0.1, 0.15) is 0 Å². The van der Waals surface area contributed by atoms with Crippen LogP contribution in [0.4, 0.5) is 23.2 Å². The Hall–Kier alpha value is -1.16. The summed E-state index contributed by atoms with van der Waals surface area (Å²) in [5.41, 5.74) is -0.674. The second-order valence-corrected chi connectivity index (χ2v) is 5.45. The van der Waals surface area contributed by atoms with E-state index in [0.717, 1.165) is 7.11 Å². The monoisotopic (exact) mass is 435 g/mol. The lowest BCUT2D eigenvalue weighted by molar-refractivity contribution is -0.163. The Balaban J connectivity index is 3.25. The summed E-state index contributed by atoms with van der Waals surface area (Å²) in [6, 6.07) is 2.52. The Morgan fingerprint density at radius 3 is 2.33 bits per heavy atom. The van der Waals surface area contributed by atoms with Gasteiger partial charge in [-0.3, -0.25) is 4.79 Å². The lowest BCUT2D eigenvalue weighted by Gasteiger charge is -2.17. The minimum absolute atomic E-state index is 0.0377. The number of rotatable bonds is 4. The first-order chi connectivity index (χ1) is 9.61. The second kappa shape index (κ2) is 6.73. The Kier molecular flexibility index (Phi) is 5.74. The lowest BCUT2D eigenvalue weighted by Crippen LogP contribution is -2.41. The van der Waals surface area contributed by atoms with Gasteiger partial charge in [0.05, 0.1) is 18.4 Å². The molecule has 21 heavy (non-hydrogen) atoms. The van der Waals surface area contributed by atoms with Gasteiger partial charge in [0.15, 0.2) is 0 Å². The number of benzene rings is 1. The van der Waals surface area contributed by atoms with Crippen LogP contribution in [0, 0.1) is 0 Å². The summed E-state index contributed by atoms with van der Waals surface area (Å²) in [4.78, 5) is 22.8. The van der Waals surface area contributed by atoms with Crippen molar-refractivity contribution < 1.29 is 31.9 Å². The minimum Gasteiger partial charge on any atom is -0.465 e. The van der Waals surface area contributed by atoms with Gasteiger partial charge in [-0.25, -0.2) is 13.6 Å². The van der Waals surface area contributed by atoms with Crippen molar-refractivity contribution in [3.63, 3.8) is 0 Å². The zero-order valence-corrected chi connectivity index (χ0v) is 13.4. The molecule has 10 heteroatoms. The number of alkyl halides is 4. The number of nitrogens with one attached hydrogen (secondary N) is 1. The van der Waals surface area contributed by atoms with Crippen LogP contribution in [-0.2, 0) is 9.53 Å². The maximum Gasteiger partial charge on any atom is 0.383 e. The van der Waals surface area contributed by atoms with Crippen molar-refractivity contribution in [3.8, 4) is 0 Å². The number of halogens is 6. The molecule has 0 bridgehead atoms. The summed E-state index contributed by atoms with van der Waals surface area (Å²) in [6.07, 6.45) is -4.17. The lowest BCUT2D eigenvalue weighted by atomic mass is 10.1. The molecule has 0 aliphatic heterocycles. The molecule has 0 heterocycles. The molecule has 0 aromatic heterocycles. The van der Waals surface area contributed by atoms with E-state index >= 15 is 0 Å². The van der Waals surface area contributed by atoms with Crippen LogP contribution >= 0.6 is 31.9 Å². The SMILES string of the molecule is COC(=O)c1cc(Br)cc(Br)c1NC(=O)C(F)(F)C(F)F. The molecule has 0 aliphatic carbocycles. The Morgan fingerprint density at radius 2 is 1.86 bits per heavy atom. The van der Waals surface area contributed by atoms with Crippen LogP contribution in [0.5, 0.6) is 0 Å². The average molecular weight is 437 g/mol. The number of hydrogen-bond acceptors (Lipinski definition) is 3. The summed E-state index contributed by atoms with van der Waals surface area (Å²) >= 11 is 6.00. The van der Waals surface area contributed by atoms with Crippen LogP contribution in [0.25, 0.3) is 0 Å². The largest absolute Gasteiger partial charge is 0.465 e. The van der Waals surface area contributed by atoms with E-state index in [1.54, 1.807) is 5.32 Å². The standard InChI is InChI=1S/C11H7Br2F4NO3/c1-21-8(19)5-2-4(12)3-6(13)7(5)18-10(20)11(16,17)9(14)15/h2-3,9H,1H3,(H,18,20). The zero-order chi connectivity index (χ0) is 16.4. The van der Waals surface area contributed by atoms with E-state index in [-0.39, 0.29) is 10.0 Å². The molecule has 0 unspecified atom stereocenters. The van der Waals surface area contributed by atoms with Crippen molar-refractivity contribution in [1.82, 2.24) is 0 Å². The van der Waals surface area contributed by atoms with E-state index in [1.807, 2.05) is 0 Å². The fraction of sp³-hybridized carbons (Fsp3) is 0.273. The molecule has 1 rings (SSSR count).